The number of benzene rings is 1. The zero-order valence-corrected chi connectivity index (χ0v) is 10.8. The van der Waals surface area contributed by atoms with Crippen molar-refractivity contribution in [1.29, 1.82) is 0 Å². The second-order valence-electron chi connectivity index (χ2n) is 3.15. The number of carbonyl (C=O) groups excluding carboxylic acids is 1. The van der Waals surface area contributed by atoms with Crippen LogP contribution in [0.3, 0.4) is 0 Å². The Bertz CT molecular complexity index is 393. The van der Waals surface area contributed by atoms with Crippen LogP contribution < -0.4 is 15.2 Å². The van der Waals surface area contributed by atoms with Crippen molar-refractivity contribution in [3.8, 4) is 11.5 Å². The average molecular weight is 288 g/mol. The molecule has 0 aromatic heterocycles. The summed E-state index contributed by atoms with van der Waals surface area (Å²) >= 11 is 3.32. The van der Waals surface area contributed by atoms with E-state index in [1.807, 2.05) is 0 Å². The van der Waals surface area contributed by atoms with Crippen molar-refractivity contribution < 1.29 is 14.3 Å². The Morgan fingerprint density at radius 3 is 2.56 bits per heavy atom. The molecular weight excluding hydrogens is 274 g/mol. The molecule has 0 amide bonds. The smallest absolute Gasteiger partial charge is 0.171 e. The van der Waals surface area contributed by atoms with Gasteiger partial charge in [0, 0.05) is 10.9 Å². The van der Waals surface area contributed by atoms with E-state index in [4.69, 9.17) is 15.2 Å². The summed E-state index contributed by atoms with van der Waals surface area (Å²) in [6.45, 7) is 0.316. The number of nitrogens with two attached hydrogens (primary N) is 1. The topological polar surface area (TPSA) is 61.5 Å². The molecule has 0 unspecified atom stereocenters. The van der Waals surface area contributed by atoms with Crippen LogP contribution in [-0.2, 0) is 0 Å². The van der Waals surface area contributed by atoms with Gasteiger partial charge in [-0.2, -0.15) is 0 Å². The number of hydrogen-bond donors (Lipinski definition) is 1. The summed E-state index contributed by atoms with van der Waals surface area (Å²) in [6, 6.07) is 3.46. The van der Waals surface area contributed by atoms with E-state index in [2.05, 4.69) is 15.9 Å². The highest BCUT2D eigenvalue weighted by Gasteiger charge is 2.17. The number of halogens is 1. The fourth-order valence-electron chi connectivity index (χ4n) is 1.40. The van der Waals surface area contributed by atoms with Crippen molar-refractivity contribution in [2.75, 3.05) is 20.8 Å². The second-order valence-corrected chi connectivity index (χ2v) is 4.07. The molecule has 0 aliphatic rings. The maximum Gasteiger partial charge on any atom is 0.171 e. The summed E-state index contributed by atoms with van der Waals surface area (Å²) in [5.41, 5.74) is 5.85. The molecule has 16 heavy (non-hydrogen) atoms. The number of ketones is 1. The van der Waals surface area contributed by atoms with Gasteiger partial charge in [0.1, 0.15) is 0 Å². The Morgan fingerprint density at radius 1 is 1.38 bits per heavy atom. The van der Waals surface area contributed by atoms with Gasteiger partial charge in [0.2, 0.25) is 0 Å². The van der Waals surface area contributed by atoms with E-state index in [0.717, 1.165) is 4.47 Å². The summed E-state index contributed by atoms with van der Waals surface area (Å²) in [5.74, 6) is 0.917. The van der Waals surface area contributed by atoms with E-state index < -0.39 is 0 Å². The molecule has 0 bridgehead atoms. The van der Waals surface area contributed by atoms with Crippen molar-refractivity contribution >= 4 is 21.7 Å². The third kappa shape index (κ3) is 2.74. The Kier molecular flexibility index (Phi) is 4.76. The predicted molar refractivity (Wildman–Crippen MR) is 65.2 cm³/mol. The Balaban J connectivity index is 3.24. The molecule has 0 aliphatic heterocycles. The van der Waals surface area contributed by atoms with Gasteiger partial charge in [-0.15, -0.1) is 0 Å². The molecule has 0 fully saturated rings. The molecule has 0 saturated heterocycles. The third-order valence-corrected chi connectivity index (χ3v) is 2.57. The normalized spacial score (nSPS) is 10.0. The Hall–Kier alpha value is -1.07. The van der Waals surface area contributed by atoms with Gasteiger partial charge in [-0.05, 0) is 18.7 Å². The number of hydrogen-bond acceptors (Lipinski definition) is 4. The highest BCUT2D eigenvalue weighted by molar-refractivity contribution is 9.10. The van der Waals surface area contributed by atoms with Crippen LogP contribution in [0.2, 0.25) is 0 Å². The fraction of sp³-hybridized carbons (Fsp3) is 0.364. The molecule has 1 aromatic rings. The summed E-state index contributed by atoms with van der Waals surface area (Å²) in [4.78, 5) is 11.8. The highest BCUT2D eigenvalue weighted by atomic mass is 79.9. The first-order chi connectivity index (χ1) is 7.63. The van der Waals surface area contributed by atoms with Gasteiger partial charge >= 0.3 is 0 Å². The van der Waals surface area contributed by atoms with Gasteiger partial charge in [-0.25, -0.2) is 0 Å². The van der Waals surface area contributed by atoms with E-state index in [-0.39, 0.29) is 12.2 Å². The SMILES string of the molecule is COc1cc(Br)cc(C(=O)CCN)c1OC. The van der Waals surface area contributed by atoms with Crippen LogP contribution in [0, 0.1) is 0 Å². The van der Waals surface area contributed by atoms with Gasteiger partial charge in [-0.3, -0.25) is 4.79 Å². The first-order valence-corrected chi connectivity index (χ1v) is 5.58. The predicted octanol–water partition coefficient (Wildman–Crippen LogP) is 2.00. The Morgan fingerprint density at radius 2 is 2.06 bits per heavy atom. The number of Topliss-reactive ketones (excluding diaryl/α,β-unsaturated/α-hetero) is 1. The first-order valence-electron chi connectivity index (χ1n) is 4.78. The van der Waals surface area contributed by atoms with E-state index in [1.165, 1.54) is 14.2 Å². The van der Waals surface area contributed by atoms with Crippen molar-refractivity contribution in [3.63, 3.8) is 0 Å². The van der Waals surface area contributed by atoms with Crippen LogP contribution in [0.5, 0.6) is 11.5 Å². The molecule has 5 heteroatoms. The van der Waals surface area contributed by atoms with Crippen LogP contribution in [0.15, 0.2) is 16.6 Å². The monoisotopic (exact) mass is 287 g/mol. The molecule has 88 valence electrons. The lowest BCUT2D eigenvalue weighted by molar-refractivity contribution is 0.0982. The molecule has 1 aromatic carbocycles. The number of carbonyl (C=O) groups is 1. The molecule has 0 radical (unpaired) electrons. The molecule has 2 N–H and O–H groups in total. The van der Waals surface area contributed by atoms with Crippen molar-refractivity contribution in [2.24, 2.45) is 5.73 Å². The first kappa shape index (κ1) is 13.0. The van der Waals surface area contributed by atoms with Gasteiger partial charge < -0.3 is 15.2 Å². The molecule has 0 saturated carbocycles. The lowest BCUT2D eigenvalue weighted by Crippen LogP contribution is -2.10. The van der Waals surface area contributed by atoms with Crippen molar-refractivity contribution in [1.82, 2.24) is 0 Å². The maximum absolute atomic E-state index is 11.8. The van der Waals surface area contributed by atoms with Crippen LogP contribution in [0.25, 0.3) is 0 Å². The van der Waals surface area contributed by atoms with E-state index in [1.54, 1.807) is 12.1 Å². The summed E-state index contributed by atoms with van der Waals surface area (Å²) < 4.78 is 11.1. The van der Waals surface area contributed by atoms with Crippen LogP contribution in [-0.4, -0.2) is 26.5 Å². The Labute approximate surface area is 103 Å². The average Bonchev–Trinajstić information content (AvgIpc) is 2.28. The van der Waals surface area contributed by atoms with E-state index in [0.29, 0.717) is 23.6 Å². The van der Waals surface area contributed by atoms with Crippen LogP contribution in [0.4, 0.5) is 0 Å². The van der Waals surface area contributed by atoms with Crippen molar-refractivity contribution in [3.05, 3.63) is 22.2 Å². The maximum atomic E-state index is 11.8. The minimum absolute atomic E-state index is 0.0565. The minimum Gasteiger partial charge on any atom is -0.493 e. The fourth-order valence-corrected chi connectivity index (χ4v) is 1.84. The molecule has 0 spiro atoms. The van der Waals surface area contributed by atoms with E-state index in [9.17, 15) is 4.79 Å². The zero-order chi connectivity index (χ0) is 12.1. The molecule has 0 atom stereocenters. The lowest BCUT2D eigenvalue weighted by atomic mass is 10.1. The second kappa shape index (κ2) is 5.86. The molecule has 0 heterocycles. The van der Waals surface area contributed by atoms with Crippen LogP contribution >= 0.6 is 15.9 Å². The minimum atomic E-state index is -0.0565. The summed E-state index contributed by atoms with van der Waals surface area (Å²) in [6.07, 6.45) is 0.288. The summed E-state index contributed by atoms with van der Waals surface area (Å²) in [7, 11) is 3.03. The van der Waals surface area contributed by atoms with Gasteiger partial charge in [0.25, 0.3) is 0 Å². The lowest BCUT2D eigenvalue weighted by Gasteiger charge is -2.12. The number of rotatable bonds is 5. The van der Waals surface area contributed by atoms with Gasteiger partial charge in [-0.1, -0.05) is 15.9 Å². The van der Waals surface area contributed by atoms with Crippen molar-refractivity contribution in [2.45, 2.75) is 6.42 Å². The zero-order valence-electron chi connectivity index (χ0n) is 9.25. The van der Waals surface area contributed by atoms with Crippen LogP contribution in [0.1, 0.15) is 16.8 Å². The standard InChI is InChI=1S/C11H14BrNO3/c1-15-10-6-7(12)5-8(11(10)16-2)9(14)3-4-13/h5-6H,3-4,13H2,1-2H3. The van der Waals surface area contributed by atoms with Gasteiger partial charge in [0.05, 0.1) is 19.8 Å². The van der Waals surface area contributed by atoms with E-state index >= 15 is 0 Å². The highest BCUT2D eigenvalue weighted by Crippen LogP contribution is 2.35. The third-order valence-electron chi connectivity index (χ3n) is 2.12. The molecule has 4 nitrogen and oxygen atoms in total. The number of ether oxygens (including phenoxy) is 2. The largest absolute Gasteiger partial charge is 0.493 e. The molecule has 1 rings (SSSR count). The number of methoxy groups -OCH3 is 2. The molecular formula is C11H14BrNO3. The summed E-state index contributed by atoms with van der Waals surface area (Å²) in [5, 5.41) is 0. The van der Waals surface area contributed by atoms with Gasteiger partial charge in [0.15, 0.2) is 17.3 Å². The molecule has 0 aliphatic carbocycles. The quantitative estimate of drug-likeness (QED) is 0.842.